The predicted molar refractivity (Wildman–Crippen MR) is 91.7 cm³/mol. The average Bonchev–Trinajstić information content (AvgIpc) is 2.90. The van der Waals surface area contributed by atoms with Gasteiger partial charge in [-0.2, -0.15) is 8.78 Å². The molecule has 1 heterocycles. The molecule has 3 atom stereocenters. The first-order valence-corrected chi connectivity index (χ1v) is 8.41. The Balaban J connectivity index is 1.69. The zero-order valence-electron chi connectivity index (χ0n) is 14.5. The smallest absolute Gasteiger partial charge is 0.338 e. The number of hydrogen-bond donors (Lipinski definition) is 0. The second-order valence-corrected chi connectivity index (χ2v) is 6.15. The number of halogens is 2. The van der Waals surface area contributed by atoms with Gasteiger partial charge >= 0.3 is 17.9 Å². The van der Waals surface area contributed by atoms with Gasteiger partial charge in [0.25, 0.3) is 0 Å². The van der Waals surface area contributed by atoms with Gasteiger partial charge in [-0.1, -0.05) is 36.4 Å². The molecule has 0 N–H and O–H groups in total. The van der Waals surface area contributed by atoms with Crippen molar-refractivity contribution in [1.82, 2.24) is 0 Å². The van der Waals surface area contributed by atoms with Crippen molar-refractivity contribution in [3.05, 3.63) is 71.8 Å². The van der Waals surface area contributed by atoms with Crippen LogP contribution >= 0.6 is 0 Å². The van der Waals surface area contributed by atoms with E-state index in [4.69, 9.17) is 14.2 Å². The Morgan fingerprint density at radius 3 is 2.04 bits per heavy atom. The highest BCUT2D eigenvalue weighted by molar-refractivity contribution is 5.90. The fourth-order valence-corrected chi connectivity index (χ4v) is 2.76. The highest BCUT2D eigenvalue weighted by Gasteiger charge is 2.59. The number of alkyl halides is 2. The lowest BCUT2D eigenvalue weighted by Crippen LogP contribution is -2.43. The summed E-state index contributed by atoms with van der Waals surface area (Å²) in [4.78, 5) is 24.2. The number of carbonyl (C=O) groups is 2. The second kappa shape index (κ2) is 7.84. The zero-order valence-corrected chi connectivity index (χ0v) is 14.5. The van der Waals surface area contributed by atoms with Crippen LogP contribution in [0.25, 0.3) is 0 Å². The van der Waals surface area contributed by atoms with E-state index in [1.807, 2.05) is 0 Å². The van der Waals surface area contributed by atoms with Crippen LogP contribution in [0.1, 0.15) is 27.6 Å². The summed E-state index contributed by atoms with van der Waals surface area (Å²) in [7, 11) is 0. The van der Waals surface area contributed by atoms with Crippen LogP contribution in [0.3, 0.4) is 0 Å². The van der Waals surface area contributed by atoms with Crippen LogP contribution < -0.4 is 0 Å². The molecule has 1 saturated heterocycles. The van der Waals surface area contributed by atoms with Crippen molar-refractivity contribution >= 4 is 11.9 Å². The molecule has 0 spiro atoms. The molecule has 0 saturated carbocycles. The lowest BCUT2D eigenvalue weighted by Gasteiger charge is -2.23. The number of ether oxygens (including phenoxy) is 3. The Hall–Kier alpha value is -2.80. The maximum absolute atomic E-state index is 14.4. The van der Waals surface area contributed by atoms with Crippen molar-refractivity contribution in [2.45, 2.75) is 31.2 Å². The van der Waals surface area contributed by atoms with Gasteiger partial charge in [0.05, 0.1) is 11.1 Å². The first kappa shape index (κ1) is 19.0. The molecule has 5 nitrogen and oxygen atoms in total. The molecule has 142 valence electrons. The maximum atomic E-state index is 14.4. The second-order valence-electron chi connectivity index (χ2n) is 6.15. The van der Waals surface area contributed by atoms with E-state index in [0.717, 1.165) is 0 Å². The van der Waals surface area contributed by atoms with Crippen molar-refractivity contribution in [3.8, 4) is 0 Å². The van der Waals surface area contributed by atoms with Crippen LogP contribution in [0.4, 0.5) is 8.78 Å². The molecule has 7 heteroatoms. The topological polar surface area (TPSA) is 61.8 Å². The number of rotatable bonds is 5. The fraction of sp³-hybridized carbons (Fsp3) is 0.300. The summed E-state index contributed by atoms with van der Waals surface area (Å²) in [6, 6.07) is 15.9. The molecule has 1 fully saturated rings. The normalized spacial score (nSPS) is 23.6. The molecule has 2 aromatic carbocycles. The molecule has 2 aromatic rings. The molecule has 1 unspecified atom stereocenters. The van der Waals surface area contributed by atoms with Gasteiger partial charge in [0, 0.05) is 0 Å². The highest BCUT2D eigenvalue weighted by Crippen LogP contribution is 2.38. The lowest BCUT2D eigenvalue weighted by molar-refractivity contribution is -0.111. The quantitative estimate of drug-likeness (QED) is 0.748. The van der Waals surface area contributed by atoms with Crippen LogP contribution in [-0.2, 0) is 14.2 Å². The summed E-state index contributed by atoms with van der Waals surface area (Å²) in [5.74, 6) is -4.97. The lowest BCUT2D eigenvalue weighted by atomic mass is 10.1. The minimum atomic E-state index is -3.41. The summed E-state index contributed by atoms with van der Waals surface area (Å²) in [6.45, 7) is 0.725. The van der Waals surface area contributed by atoms with Crippen molar-refractivity contribution in [1.29, 1.82) is 0 Å². The highest BCUT2D eigenvalue weighted by atomic mass is 19.3. The molecular formula is C20H18F2O5. The largest absolute Gasteiger partial charge is 0.459 e. The third-order valence-electron chi connectivity index (χ3n) is 4.27. The molecule has 0 amide bonds. The number of benzene rings is 2. The SMILES string of the molecule is CC1O[C@H](COC(=O)c2ccccc2)[C@@H](OC(=O)c2ccccc2)C1(F)F. The van der Waals surface area contributed by atoms with Crippen molar-refractivity contribution in [2.75, 3.05) is 6.61 Å². The third-order valence-corrected chi connectivity index (χ3v) is 4.27. The van der Waals surface area contributed by atoms with Crippen LogP contribution in [-0.4, -0.2) is 42.8 Å². The predicted octanol–water partition coefficient (Wildman–Crippen LogP) is 3.49. The van der Waals surface area contributed by atoms with Crippen LogP contribution in [0.15, 0.2) is 60.7 Å². The van der Waals surface area contributed by atoms with Crippen molar-refractivity contribution < 1.29 is 32.6 Å². The van der Waals surface area contributed by atoms with E-state index in [9.17, 15) is 18.4 Å². The van der Waals surface area contributed by atoms with Gasteiger partial charge in [0.2, 0.25) is 0 Å². The van der Waals surface area contributed by atoms with E-state index in [1.54, 1.807) is 48.5 Å². The van der Waals surface area contributed by atoms with Gasteiger partial charge in [-0.25, -0.2) is 9.59 Å². The minimum absolute atomic E-state index is 0.146. The molecule has 0 radical (unpaired) electrons. The van der Waals surface area contributed by atoms with E-state index in [-0.39, 0.29) is 11.1 Å². The Morgan fingerprint density at radius 2 is 1.48 bits per heavy atom. The molecule has 1 aliphatic rings. The molecule has 0 aromatic heterocycles. The van der Waals surface area contributed by atoms with Gasteiger partial charge in [-0.3, -0.25) is 0 Å². The van der Waals surface area contributed by atoms with Gasteiger partial charge in [0.15, 0.2) is 6.10 Å². The number of carbonyl (C=O) groups excluding carboxylic acids is 2. The van der Waals surface area contributed by atoms with Crippen molar-refractivity contribution in [3.63, 3.8) is 0 Å². The first-order chi connectivity index (χ1) is 12.9. The minimum Gasteiger partial charge on any atom is -0.459 e. The van der Waals surface area contributed by atoms with E-state index < -0.39 is 42.8 Å². The summed E-state index contributed by atoms with van der Waals surface area (Å²) in [6.07, 6.45) is -4.61. The summed E-state index contributed by atoms with van der Waals surface area (Å²) < 4.78 is 44.2. The third kappa shape index (κ3) is 4.14. The molecular weight excluding hydrogens is 358 g/mol. The van der Waals surface area contributed by atoms with Gasteiger partial charge in [-0.05, 0) is 31.2 Å². The van der Waals surface area contributed by atoms with E-state index in [2.05, 4.69) is 0 Å². The standard InChI is InChI=1S/C20H18F2O5/c1-13-20(21,22)17(27-19(24)15-10-6-3-7-11-15)16(26-13)12-25-18(23)14-8-4-2-5-9-14/h2-11,13,16-17H,12H2,1H3/t13?,16-,17-/m1/s1. The van der Waals surface area contributed by atoms with Gasteiger partial charge in [-0.15, -0.1) is 0 Å². The van der Waals surface area contributed by atoms with Crippen LogP contribution in [0.2, 0.25) is 0 Å². The zero-order chi connectivity index (χ0) is 19.4. The van der Waals surface area contributed by atoms with Crippen molar-refractivity contribution in [2.24, 2.45) is 0 Å². The molecule has 1 aliphatic heterocycles. The van der Waals surface area contributed by atoms with Crippen LogP contribution in [0.5, 0.6) is 0 Å². The summed E-state index contributed by atoms with van der Waals surface area (Å²) in [5.41, 5.74) is 0.431. The Labute approximate surface area is 154 Å². The van der Waals surface area contributed by atoms with Crippen LogP contribution in [0, 0.1) is 0 Å². The molecule has 3 rings (SSSR count). The number of hydrogen-bond acceptors (Lipinski definition) is 5. The van der Waals surface area contributed by atoms with Gasteiger partial charge < -0.3 is 14.2 Å². The Bertz CT molecular complexity index is 795. The molecule has 0 bridgehead atoms. The Morgan fingerprint density at radius 1 is 0.963 bits per heavy atom. The fourth-order valence-electron chi connectivity index (χ4n) is 2.76. The monoisotopic (exact) mass is 376 g/mol. The first-order valence-electron chi connectivity index (χ1n) is 8.41. The van der Waals surface area contributed by atoms with E-state index >= 15 is 0 Å². The average molecular weight is 376 g/mol. The van der Waals surface area contributed by atoms with E-state index in [0.29, 0.717) is 0 Å². The number of esters is 2. The maximum Gasteiger partial charge on any atom is 0.338 e. The summed E-state index contributed by atoms with van der Waals surface area (Å²) in [5, 5.41) is 0. The summed E-state index contributed by atoms with van der Waals surface area (Å²) >= 11 is 0. The molecule has 0 aliphatic carbocycles. The molecule has 27 heavy (non-hydrogen) atoms. The van der Waals surface area contributed by atoms with E-state index in [1.165, 1.54) is 19.1 Å². The Kier molecular flexibility index (Phi) is 5.51. The van der Waals surface area contributed by atoms with Gasteiger partial charge in [0.1, 0.15) is 18.8 Å².